The summed E-state index contributed by atoms with van der Waals surface area (Å²) in [6.45, 7) is 6.85. The quantitative estimate of drug-likeness (QED) is 0.690. The SMILES string of the molecule is C=C1C[C@]23C[C@H]1CC[C@H]2c1cccc(C)c1[C@@H]3NC(=O)OCc1ccccc1. The molecule has 2 saturated carbocycles. The number of carbonyl (C=O) groups is 1. The number of nitrogens with one attached hydrogen (secondary N) is 1. The Bertz CT molecular complexity index is 935. The van der Waals surface area contributed by atoms with Gasteiger partial charge in [-0.15, -0.1) is 0 Å². The van der Waals surface area contributed by atoms with Gasteiger partial charge in [0.05, 0.1) is 6.04 Å². The maximum atomic E-state index is 12.8. The summed E-state index contributed by atoms with van der Waals surface area (Å²) in [6, 6.07) is 16.4. The molecule has 2 aromatic carbocycles. The van der Waals surface area contributed by atoms with Crippen molar-refractivity contribution >= 4 is 6.09 Å². The molecule has 0 radical (unpaired) electrons. The summed E-state index contributed by atoms with van der Waals surface area (Å²) >= 11 is 0. The maximum Gasteiger partial charge on any atom is 0.407 e. The molecular weight excluding hydrogens is 346 g/mol. The molecule has 3 aliphatic carbocycles. The van der Waals surface area contributed by atoms with Crippen molar-refractivity contribution < 1.29 is 9.53 Å². The number of aryl methyl sites for hydroxylation is 1. The zero-order valence-corrected chi connectivity index (χ0v) is 16.4. The highest BCUT2D eigenvalue weighted by atomic mass is 16.5. The number of amides is 1. The molecule has 0 saturated heterocycles. The van der Waals surface area contributed by atoms with Gasteiger partial charge in [-0.2, -0.15) is 0 Å². The molecule has 2 aromatic rings. The minimum absolute atomic E-state index is 0.0130. The van der Waals surface area contributed by atoms with E-state index < -0.39 is 0 Å². The molecule has 28 heavy (non-hydrogen) atoms. The first kappa shape index (κ1) is 17.5. The summed E-state index contributed by atoms with van der Waals surface area (Å²) in [7, 11) is 0. The highest BCUT2D eigenvalue weighted by Crippen LogP contribution is 2.69. The Balaban J connectivity index is 1.44. The van der Waals surface area contributed by atoms with Crippen LogP contribution < -0.4 is 5.32 Å². The number of hydrogen-bond donors (Lipinski definition) is 1. The Morgan fingerprint density at radius 3 is 2.82 bits per heavy atom. The fourth-order valence-corrected chi connectivity index (χ4v) is 6.14. The molecule has 1 spiro atoms. The van der Waals surface area contributed by atoms with Crippen molar-refractivity contribution in [2.24, 2.45) is 11.3 Å². The molecule has 1 N–H and O–H groups in total. The molecule has 3 heteroatoms. The van der Waals surface area contributed by atoms with Crippen LogP contribution in [-0.4, -0.2) is 6.09 Å². The van der Waals surface area contributed by atoms with E-state index in [4.69, 9.17) is 4.74 Å². The number of rotatable bonds is 3. The smallest absolute Gasteiger partial charge is 0.407 e. The van der Waals surface area contributed by atoms with E-state index in [2.05, 4.69) is 37.0 Å². The molecule has 144 valence electrons. The zero-order chi connectivity index (χ0) is 19.3. The van der Waals surface area contributed by atoms with Gasteiger partial charge < -0.3 is 10.1 Å². The van der Waals surface area contributed by atoms with Gasteiger partial charge in [0.15, 0.2) is 0 Å². The van der Waals surface area contributed by atoms with Crippen LogP contribution in [-0.2, 0) is 11.3 Å². The number of ether oxygens (including phenoxy) is 1. The van der Waals surface area contributed by atoms with Crippen molar-refractivity contribution in [3.8, 4) is 0 Å². The van der Waals surface area contributed by atoms with Gasteiger partial charge in [-0.05, 0) is 66.7 Å². The first-order valence-electron chi connectivity index (χ1n) is 10.3. The number of carbonyl (C=O) groups excluding carboxylic acids is 1. The summed E-state index contributed by atoms with van der Waals surface area (Å²) in [6.07, 6.45) is 4.24. The number of benzene rings is 2. The van der Waals surface area contributed by atoms with E-state index in [1.54, 1.807) is 0 Å². The number of alkyl carbamates (subject to hydrolysis) is 1. The third-order valence-electron chi connectivity index (χ3n) is 7.33. The molecule has 5 rings (SSSR count). The van der Waals surface area contributed by atoms with Gasteiger partial charge in [-0.3, -0.25) is 0 Å². The lowest BCUT2D eigenvalue weighted by Crippen LogP contribution is -2.40. The van der Waals surface area contributed by atoms with Gasteiger partial charge in [0.1, 0.15) is 6.61 Å². The van der Waals surface area contributed by atoms with Crippen LogP contribution in [0.25, 0.3) is 0 Å². The first-order chi connectivity index (χ1) is 13.6. The van der Waals surface area contributed by atoms with Crippen LogP contribution in [0.3, 0.4) is 0 Å². The summed E-state index contributed by atoms with van der Waals surface area (Å²) in [5.74, 6) is 1.12. The second kappa shape index (κ2) is 6.51. The van der Waals surface area contributed by atoms with Crippen molar-refractivity contribution in [1.29, 1.82) is 0 Å². The molecule has 0 heterocycles. The molecule has 0 aliphatic heterocycles. The number of allylic oxidation sites excluding steroid dienone is 1. The van der Waals surface area contributed by atoms with Gasteiger partial charge in [0.25, 0.3) is 0 Å². The summed E-state index contributed by atoms with van der Waals surface area (Å²) in [5.41, 5.74) is 6.46. The van der Waals surface area contributed by atoms with Gasteiger partial charge in [0, 0.05) is 5.41 Å². The Morgan fingerprint density at radius 1 is 1.18 bits per heavy atom. The molecule has 4 atom stereocenters. The molecule has 0 aromatic heterocycles. The van der Waals surface area contributed by atoms with Crippen LogP contribution in [0.15, 0.2) is 60.7 Å². The van der Waals surface area contributed by atoms with Crippen LogP contribution in [0.5, 0.6) is 0 Å². The van der Waals surface area contributed by atoms with Gasteiger partial charge >= 0.3 is 6.09 Å². The molecular formula is C25H27NO2. The fourth-order valence-electron chi connectivity index (χ4n) is 6.14. The van der Waals surface area contributed by atoms with E-state index in [0.717, 1.165) is 18.4 Å². The second-order valence-electron chi connectivity index (χ2n) is 8.82. The summed E-state index contributed by atoms with van der Waals surface area (Å²) in [4.78, 5) is 12.8. The van der Waals surface area contributed by atoms with Crippen molar-refractivity contribution in [2.45, 2.75) is 51.2 Å². The second-order valence-corrected chi connectivity index (χ2v) is 8.82. The van der Waals surface area contributed by atoms with Crippen LogP contribution in [0.1, 0.15) is 59.9 Å². The van der Waals surface area contributed by atoms with Crippen molar-refractivity contribution in [3.63, 3.8) is 0 Å². The highest BCUT2D eigenvalue weighted by Gasteiger charge is 2.60. The van der Waals surface area contributed by atoms with E-state index in [9.17, 15) is 4.79 Å². The number of hydrogen-bond acceptors (Lipinski definition) is 2. The molecule has 3 aliphatic rings. The van der Waals surface area contributed by atoms with Crippen molar-refractivity contribution in [3.05, 3.63) is 82.9 Å². The standard InChI is InChI=1S/C25H27NO2/c1-16-7-6-10-20-21-12-11-19-14-25(21,13-17(19)2)23(22(16)20)26-24(27)28-15-18-8-4-3-5-9-18/h3-10,19,21,23H,2,11-15H2,1H3,(H,26,27)/t19-,21+,23+,25+/m1/s1. The van der Waals surface area contributed by atoms with Gasteiger partial charge in [-0.1, -0.05) is 60.7 Å². The molecule has 2 bridgehead atoms. The van der Waals surface area contributed by atoms with Crippen LogP contribution in [0.4, 0.5) is 4.79 Å². The van der Waals surface area contributed by atoms with Gasteiger partial charge in [0.2, 0.25) is 0 Å². The lowest BCUT2D eigenvalue weighted by molar-refractivity contribution is 0.102. The first-order valence-corrected chi connectivity index (χ1v) is 10.3. The Hall–Kier alpha value is -2.55. The van der Waals surface area contributed by atoms with Crippen molar-refractivity contribution in [2.75, 3.05) is 0 Å². The third kappa shape index (κ3) is 2.60. The van der Waals surface area contributed by atoms with E-state index in [0.29, 0.717) is 18.4 Å². The lowest BCUT2D eigenvalue weighted by Gasteiger charge is -2.40. The number of fused-ring (bicyclic) bond motifs is 3. The third-order valence-corrected chi connectivity index (χ3v) is 7.33. The van der Waals surface area contributed by atoms with Gasteiger partial charge in [-0.25, -0.2) is 4.79 Å². The maximum absolute atomic E-state index is 12.8. The Labute approximate surface area is 166 Å². The molecule has 3 nitrogen and oxygen atoms in total. The highest BCUT2D eigenvalue weighted by molar-refractivity contribution is 5.69. The fraction of sp³-hybridized carbons (Fsp3) is 0.400. The predicted molar refractivity (Wildman–Crippen MR) is 110 cm³/mol. The lowest BCUT2D eigenvalue weighted by atomic mass is 9.66. The van der Waals surface area contributed by atoms with Crippen LogP contribution >= 0.6 is 0 Å². The monoisotopic (exact) mass is 373 g/mol. The minimum Gasteiger partial charge on any atom is -0.445 e. The van der Waals surface area contributed by atoms with E-state index in [-0.39, 0.29) is 17.6 Å². The molecule has 2 fully saturated rings. The average Bonchev–Trinajstić information content (AvgIpc) is 3.12. The predicted octanol–water partition coefficient (Wildman–Crippen LogP) is 5.81. The topological polar surface area (TPSA) is 38.3 Å². The van der Waals surface area contributed by atoms with Crippen LogP contribution in [0, 0.1) is 18.3 Å². The molecule has 0 unspecified atom stereocenters. The van der Waals surface area contributed by atoms with E-state index in [1.807, 2.05) is 30.3 Å². The van der Waals surface area contributed by atoms with E-state index in [1.165, 1.54) is 35.1 Å². The summed E-state index contributed by atoms with van der Waals surface area (Å²) < 4.78 is 5.58. The van der Waals surface area contributed by atoms with Crippen molar-refractivity contribution in [1.82, 2.24) is 5.32 Å². The van der Waals surface area contributed by atoms with E-state index >= 15 is 0 Å². The minimum atomic E-state index is -0.322. The zero-order valence-electron chi connectivity index (χ0n) is 16.4. The Kier molecular flexibility index (Phi) is 4.08. The average molecular weight is 373 g/mol. The Morgan fingerprint density at radius 2 is 2.00 bits per heavy atom. The normalized spacial score (nSPS) is 29.9. The summed E-state index contributed by atoms with van der Waals surface area (Å²) in [5, 5.41) is 3.28. The van der Waals surface area contributed by atoms with Crippen LogP contribution in [0.2, 0.25) is 0 Å². The molecule has 1 amide bonds. The largest absolute Gasteiger partial charge is 0.445 e.